The molecule has 5 heteroatoms. The van der Waals surface area contributed by atoms with Crippen molar-refractivity contribution in [1.29, 1.82) is 0 Å². The predicted molar refractivity (Wildman–Crippen MR) is 85.6 cm³/mol. The number of rotatable bonds is 3. The molecule has 0 saturated carbocycles. The summed E-state index contributed by atoms with van der Waals surface area (Å²) in [5.41, 5.74) is 3.00. The highest BCUT2D eigenvalue weighted by Gasteiger charge is 2.21. The van der Waals surface area contributed by atoms with E-state index in [1.807, 2.05) is 12.1 Å². The number of halogens is 2. The number of hydrogen-bond donors (Lipinski definition) is 0. The van der Waals surface area contributed by atoms with Crippen molar-refractivity contribution in [2.45, 2.75) is 12.8 Å². The van der Waals surface area contributed by atoms with Crippen LogP contribution in [0.4, 0.5) is 5.69 Å². The zero-order chi connectivity index (χ0) is 14.1. The molecule has 0 aliphatic carbocycles. The number of nitrogens with zero attached hydrogens (tertiary/aromatic N) is 1. The summed E-state index contributed by atoms with van der Waals surface area (Å²) in [6.45, 7) is 1.25. The van der Waals surface area contributed by atoms with E-state index in [1.54, 1.807) is 6.07 Å². The molecule has 0 bridgehead atoms. The molecular weight excluding hydrogens is 313 g/mol. The molecule has 2 aromatic rings. The van der Waals surface area contributed by atoms with Crippen LogP contribution in [0.3, 0.4) is 0 Å². The lowest BCUT2D eigenvalue weighted by Crippen LogP contribution is -2.34. The van der Waals surface area contributed by atoms with Crippen LogP contribution in [0.15, 0.2) is 30.3 Å². The Morgan fingerprint density at radius 3 is 2.85 bits per heavy atom. The summed E-state index contributed by atoms with van der Waals surface area (Å²) in [5, 5.41) is 0. The van der Waals surface area contributed by atoms with Gasteiger partial charge in [0.1, 0.15) is 4.34 Å². The first-order valence-electron chi connectivity index (χ1n) is 6.46. The number of thiophene rings is 1. The van der Waals surface area contributed by atoms with Crippen LogP contribution >= 0.6 is 34.5 Å². The van der Waals surface area contributed by atoms with Crippen LogP contribution in [0.1, 0.15) is 22.3 Å². The molecule has 1 aliphatic heterocycles. The van der Waals surface area contributed by atoms with Gasteiger partial charge in [-0.05, 0) is 30.5 Å². The predicted octanol–water partition coefficient (Wildman–Crippen LogP) is 4.69. The molecule has 0 spiro atoms. The summed E-state index contributed by atoms with van der Waals surface area (Å²) in [6.07, 6.45) is 2.15. The van der Waals surface area contributed by atoms with Gasteiger partial charge in [-0.15, -0.1) is 11.3 Å². The van der Waals surface area contributed by atoms with Crippen LogP contribution in [0.2, 0.25) is 8.67 Å². The van der Waals surface area contributed by atoms with Crippen LogP contribution in [-0.4, -0.2) is 18.9 Å². The lowest BCUT2D eigenvalue weighted by molar-refractivity contribution is 0.0999. The molecule has 0 unspecified atom stereocenters. The van der Waals surface area contributed by atoms with Crippen molar-refractivity contribution in [3.8, 4) is 0 Å². The fourth-order valence-electron chi connectivity index (χ4n) is 2.56. The van der Waals surface area contributed by atoms with Gasteiger partial charge >= 0.3 is 0 Å². The van der Waals surface area contributed by atoms with E-state index in [0.717, 1.165) is 25.1 Å². The second kappa shape index (κ2) is 5.76. The fraction of sp³-hybridized carbons (Fsp3) is 0.267. The number of anilines is 1. The Labute approximate surface area is 131 Å². The smallest absolute Gasteiger partial charge is 0.184 e. The van der Waals surface area contributed by atoms with E-state index in [-0.39, 0.29) is 5.78 Å². The molecule has 2 nitrogen and oxygen atoms in total. The zero-order valence-corrected chi connectivity index (χ0v) is 13.1. The number of carbonyl (C=O) groups excluding carboxylic acids is 1. The van der Waals surface area contributed by atoms with Crippen LogP contribution in [0.25, 0.3) is 0 Å². The van der Waals surface area contributed by atoms with Gasteiger partial charge in [-0.3, -0.25) is 4.79 Å². The topological polar surface area (TPSA) is 20.3 Å². The minimum absolute atomic E-state index is 0.0230. The third-order valence-corrected chi connectivity index (χ3v) is 4.99. The highest BCUT2D eigenvalue weighted by molar-refractivity contribution is 7.20. The number of hydrogen-bond acceptors (Lipinski definition) is 3. The molecule has 1 aromatic heterocycles. The molecule has 0 radical (unpaired) electrons. The second-order valence-electron chi connectivity index (χ2n) is 4.81. The summed E-state index contributed by atoms with van der Waals surface area (Å²) in [5.74, 6) is 0.0230. The summed E-state index contributed by atoms with van der Waals surface area (Å²) >= 11 is 13.2. The van der Waals surface area contributed by atoms with E-state index in [4.69, 9.17) is 23.2 Å². The van der Waals surface area contributed by atoms with Crippen LogP contribution in [0, 0.1) is 0 Å². The molecule has 3 rings (SSSR count). The van der Waals surface area contributed by atoms with Gasteiger partial charge in [0.05, 0.1) is 16.4 Å². The molecule has 1 aromatic carbocycles. The van der Waals surface area contributed by atoms with Gasteiger partial charge in [-0.1, -0.05) is 41.4 Å². The second-order valence-corrected chi connectivity index (χ2v) is 7.10. The number of aryl methyl sites for hydroxylation is 1. The van der Waals surface area contributed by atoms with E-state index >= 15 is 0 Å². The SMILES string of the molecule is O=C(CN1CCCc2ccccc21)c1cc(Cl)sc1Cl. The maximum Gasteiger partial charge on any atom is 0.184 e. The van der Waals surface area contributed by atoms with Crippen molar-refractivity contribution in [3.63, 3.8) is 0 Å². The van der Waals surface area contributed by atoms with Gasteiger partial charge in [0.15, 0.2) is 5.78 Å². The van der Waals surface area contributed by atoms with Crippen molar-refractivity contribution in [2.24, 2.45) is 0 Å². The Bertz CT molecular complexity index is 653. The lowest BCUT2D eigenvalue weighted by Gasteiger charge is -2.30. The Hall–Kier alpha value is -1.03. The number of carbonyl (C=O) groups is 1. The van der Waals surface area contributed by atoms with Crippen LogP contribution in [0.5, 0.6) is 0 Å². The highest BCUT2D eigenvalue weighted by atomic mass is 35.5. The maximum atomic E-state index is 12.4. The first kappa shape index (κ1) is 13.9. The molecule has 0 amide bonds. The number of benzene rings is 1. The van der Waals surface area contributed by atoms with E-state index in [0.29, 0.717) is 20.8 Å². The van der Waals surface area contributed by atoms with Gasteiger partial charge in [0, 0.05) is 12.2 Å². The van der Waals surface area contributed by atoms with E-state index in [2.05, 4.69) is 17.0 Å². The highest BCUT2D eigenvalue weighted by Crippen LogP contribution is 2.32. The molecule has 1 aliphatic rings. The Morgan fingerprint density at radius 1 is 1.30 bits per heavy atom. The van der Waals surface area contributed by atoms with Gasteiger partial charge in [0.25, 0.3) is 0 Å². The van der Waals surface area contributed by atoms with Crippen molar-refractivity contribution in [2.75, 3.05) is 18.0 Å². The number of para-hydroxylation sites is 1. The summed E-state index contributed by atoms with van der Waals surface area (Å²) < 4.78 is 1.03. The lowest BCUT2D eigenvalue weighted by atomic mass is 10.0. The quantitative estimate of drug-likeness (QED) is 0.763. The van der Waals surface area contributed by atoms with E-state index < -0.39 is 0 Å². The molecule has 0 atom stereocenters. The number of ketones is 1. The average Bonchev–Trinajstić information content (AvgIpc) is 2.78. The molecule has 0 N–H and O–H groups in total. The molecule has 0 saturated heterocycles. The van der Waals surface area contributed by atoms with E-state index in [1.165, 1.54) is 16.9 Å². The van der Waals surface area contributed by atoms with Gasteiger partial charge in [-0.2, -0.15) is 0 Å². The first-order valence-corrected chi connectivity index (χ1v) is 8.03. The number of fused-ring (bicyclic) bond motifs is 1. The van der Waals surface area contributed by atoms with Crippen molar-refractivity contribution in [3.05, 3.63) is 50.1 Å². The van der Waals surface area contributed by atoms with Crippen molar-refractivity contribution < 1.29 is 4.79 Å². The standard InChI is InChI=1S/C15H13Cl2NOS/c16-14-8-11(15(17)20-14)13(19)9-18-7-3-5-10-4-1-2-6-12(10)18/h1-2,4,6,8H,3,5,7,9H2. The van der Waals surface area contributed by atoms with Gasteiger partial charge in [-0.25, -0.2) is 0 Å². The van der Waals surface area contributed by atoms with Gasteiger partial charge < -0.3 is 4.90 Å². The van der Waals surface area contributed by atoms with Gasteiger partial charge in [0.2, 0.25) is 0 Å². The van der Waals surface area contributed by atoms with Crippen LogP contribution < -0.4 is 4.90 Å². The molecule has 2 heterocycles. The normalized spacial score (nSPS) is 14.2. The third kappa shape index (κ3) is 2.71. The van der Waals surface area contributed by atoms with Crippen LogP contribution in [-0.2, 0) is 6.42 Å². The minimum atomic E-state index is 0.0230. The van der Waals surface area contributed by atoms with Crippen molar-refractivity contribution in [1.82, 2.24) is 0 Å². The molecule has 0 fully saturated rings. The fourth-order valence-corrected chi connectivity index (χ4v) is 4.06. The summed E-state index contributed by atoms with van der Waals surface area (Å²) in [6, 6.07) is 9.91. The number of Topliss-reactive ketones (excluding diaryl/α,β-unsaturated/α-hetero) is 1. The zero-order valence-electron chi connectivity index (χ0n) is 10.7. The Balaban J connectivity index is 1.82. The molecule has 104 valence electrons. The Kier molecular flexibility index (Phi) is 4.01. The maximum absolute atomic E-state index is 12.4. The molecule has 20 heavy (non-hydrogen) atoms. The summed E-state index contributed by atoms with van der Waals surface area (Å²) in [4.78, 5) is 14.5. The summed E-state index contributed by atoms with van der Waals surface area (Å²) in [7, 11) is 0. The van der Waals surface area contributed by atoms with E-state index in [9.17, 15) is 4.79 Å². The van der Waals surface area contributed by atoms with Crippen molar-refractivity contribution >= 4 is 46.0 Å². The minimum Gasteiger partial charge on any atom is -0.364 e. The monoisotopic (exact) mass is 325 g/mol. The largest absolute Gasteiger partial charge is 0.364 e. The Morgan fingerprint density at radius 2 is 2.10 bits per heavy atom. The first-order chi connectivity index (χ1) is 9.65. The molecular formula is C15H13Cl2NOS. The third-order valence-electron chi connectivity index (χ3n) is 3.50. The average molecular weight is 326 g/mol.